The van der Waals surface area contributed by atoms with Gasteiger partial charge in [0.25, 0.3) is 0 Å². The van der Waals surface area contributed by atoms with Gasteiger partial charge in [-0.15, -0.1) is 0 Å². The summed E-state index contributed by atoms with van der Waals surface area (Å²) < 4.78 is 32.0. The second kappa shape index (κ2) is 6.83. The molecule has 0 aromatic heterocycles. The number of hydrogen-bond acceptors (Lipinski definition) is 2. The molecule has 2 rings (SSSR count). The second-order valence-electron chi connectivity index (χ2n) is 4.46. The van der Waals surface area contributed by atoms with Crippen LogP contribution in [-0.4, -0.2) is 5.91 Å². The molecule has 0 spiro atoms. The third-order valence-corrected chi connectivity index (χ3v) is 2.85. The maximum atomic E-state index is 13.8. The van der Waals surface area contributed by atoms with Gasteiger partial charge in [-0.3, -0.25) is 4.79 Å². The molecular formula is C16H15F2NO2. The number of halogens is 2. The van der Waals surface area contributed by atoms with Gasteiger partial charge < -0.3 is 10.1 Å². The van der Waals surface area contributed by atoms with Gasteiger partial charge >= 0.3 is 0 Å². The second-order valence-corrected chi connectivity index (χ2v) is 4.46. The van der Waals surface area contributed by atoms with Gasteiger partial charge in [-0.25, -0.2) is 8.78 Å². The molecule has 0 aliphatic heterocycles. The average Bonchev–Trinajstić information content (AvgIpc) is 2.49. The number of carbonyl (C=O) groups excluding carboxylic acids is 1. The van der Waals surface area contributed by atoms with E-state index in [0.717, 1.165) is 5.56 Å². The number of amides is 1. The van der Waals surface area contributed by atoms with Crippen LogP contribution >= 0.6 is 0 Å². The Balaban J connectivity index is 1.99. The summed E-state index contributed by atoms with van der Waals surface area (Å²) in [5.74, 6) is -0.797. The maximum absolute atomic E-state index is 13.8. The minimum Gasteiger partial charge on any atom is -0.489 e. The van der Waals surface area contributed by atoms with Gasteiger partial charge in [-0.2, -0.15) is 0 Å². The molecule has 0 heterocycles. The Labute approximate surface area is 121 Å². The van der Waals surface area contributed by atoms with Crippen molar-refractivity contribution in [2.45, 2.75) is 20.0 Å². The Kier molecular flexibility index (Phi) is 4.87. The standard InChI is InChI=1S/C16H15F2NO2/c1-2-16(20)19-15-8-7-13(9-14(15)18)21-10-11-3-5-12(17)6-4-11/h3-9H,2,10H2,1H3,(H,19,20). The fraction of sp³-hybridized carbons (Fsp3) is 0.188. The summed E-state index contributed by atoms with van der Waals surface area (Å²) in [5, 5.41) is 2.46. The molecule has 2 aromatic rings. The van der Waals surface area contributed by atoms with E-state index in [1.54, 1.807) is 25.1 Å². The predicted octanol–water partition coefficient (Wildman–Crippen LogP) is 3.89. The van der Waals surface area contributed by atoms with Gasteiger partial charge in [0.2, 0.25) is 5.91 Å². The van der Waals surface area contributed by atoms with E-state index in [4.69, 9.17) is 4.74 Å². The fourth-order valence-corrected chi connectivity index (χ4v) is 1.67. The zero-order chi connectivity index (χ0) is 15.2. The number of benzene rings is 2. The molecule has 0 aliphatic rings. The molecule has 0 bridgehead atoms. The molecule has 0 unspecified atom stereocenters. The normalized spacial score (nSPS) is 10.2. The monoisotopic (exact) mass is 291 g/mol. The molecular weight excluding hydrogens is 276 g/mol. The highest BCUT2D eigenvalue weighted by Gasteiger charge is 2.07. The first-order chi connectivity index (χ1) is 10.1. The largest absolute Gasteiger partial charge is 0.489 e. The van der Waals surface area contributed by atoms with E-state index in [0.29, 0.717) is 5.75 Å². The molecule has 0 saturated heterocycles. The Morgan fingerprint density at radius 1 is 1.14 bits per heavy atom. The maximum Gasteiger partial charge on any atom is 0.224 e. The summed E-state index contributed by atoms with van der Waals surface area (Å²) in [7, 11) is 0. The minimum atomic E-state index is -0.562. The highest BCUT2D eigenvalue weighted by Crippen LogP contribution is 2.21. The van der Waals surface area contributed by atoms with Crippen LogP contribution in [0.25, 0.3) is 0 Å². The van der Waals surface area contributed by atoms with Gasteiger partial charge in [0.05, 0.1) is 5.69 Å². The molecule has 0 saturated carbocycles. The molecule has 1 amide bonds. The van der Waals surface area contributed by atoms with Crippen LogP contribution in [0.5, 0.6) is 5.75 Å². The van der Waals surface area contributed by atoms with E-state index < -0.39 is 5.82 Å². The molecule has 0 radical (unpaired) electrons. The summed E-state index contributed by atoms with van der Waals surface area (Å²) in [4.78, 5) is 11.2. The molecule has 2 aromatic carbocycles. The molecule has 5 heteroatoms. The van der Waals surface area contributed by atoms with Gasteiger partial charge in [-0.1, -0.05) is 19.1 Å². The summed E-state index contributed by atoms with van der Waals surface area (Å²) in [6.07, 6.45) is 0.280. The lowest BCUT2D eigenvalue weighted by Gasteiger charge is -2.09. The summed E-state index contributed by atoms with van der Waals surface area (Å²) in [6, 6.07) is 10.1. The topological polar surface area (TPSA) is 38.3 Å². The van der Waals surface area contributed by atoms with Gasteiger partial charge in [-0.05, 0) is 29.8 Å². The van der Waals surface area contributed by atoms with Crippen LogP contribution in [0.4, 0.5) is 14.5 Å². The van der Waals surface area contributed by atoms with Gasteiger partial charge in [0.1, 0.15) is 24.0 Å². The number of ether oxygens (including phenoxy) is 1. The van der Waals surface area contributed by atoms with Crippen LogP contribution in [0.2, 0.25) is 0 Å². The van der Waals surface area contributed by atoms with Crippen LogP contribution in [0.1, 0.15) is 18.9 Å². The summed E-state index contributed by atoms with van der Waals surface area (Å²) in [5.41, 5.74) is 0.899. The minimum absolute atomic E-state index is 0.121. The van der Waals surface area contributed by atoms with Crippen molar-refractivity contribution in [3.63, 3.8) is 0 Å². The van der Waals surface area contributed by atoms with Crippen molar-refractivity contribution in [1.29, 1.82) is 0 Å². The van der Waals surface area contributed by atoms with E-state index >= 15 is 0 Å². The quantitative estimate of drug-likeness (QED) is 0.907. The zero-order valence-corrected chi connectivity index (χ0v) is 11.5. The highest BCUT2D eigenvalue weighted by atomic mass is 19.1. The van der Waals surface area contributed by atoms with E-state index in [9.17, 15) is 13.6 Å². The molecule has 3 nitrogen and oxygen atoms in total. The average molecular weight is 291 g/mol. The van der Waals surface area contributed by atoms with Crippen LogP contribution in [-0.2, 0) is 11.4 Å². The lowest BCUT2D eigenvalue weighted by molar-refractivity contribution is -0.115. The number of anilines is 1. The Bertz CT molecular complexity index is 627. The van der Waals surface area contributed by atoms with Crippen molar-refractivity contribution in [3.05, 3.63) is 59.7 Å². The van der Waals surface area contributed by atoms with E-state index in [1.807, 2.05) is 0 Å². The van der Waals surface area contributed by atoms with E-state index in [2.05, 4.69) is 5.32 Å². The lowest BCUT2D eigenvalue weighted by atomic mass is 10.2. The Morgan fingerprint density at radius 3 is 2.48 bits per heavy atom. The van der Waals surface area contributed by atoms with Gasteiger partial charge in [0, 0.05) is 12.5 Å². The third kappa shape index (κ3) is 4.27. The molecule has 0 atom stereocenters. The van der Waals surface area contributed by atoms with E-state index in [-0.39, 0.29) is 30.4 Å². The third-order valence-electron chi connectivity index (χ3n) is 2.85. The van der Waals surface area contributed by atoms with Crippen LogP contribution in [0.3, 0.4) is 0 Å². The summed E-state index contributed by atoms with van der Waals surface area (Å²) in [6.45, 7) is 1.90. The van der Waals surface area contributed by atoms with Crippen LogP contribution < -0.4 is 10.1 Å². The lowest BCUT2D eigenvalue weighted by Crippen LogP contribution is -2.10. The Hall–Kier alpha value is -2.43. The van der Waals surface area contributed by atoms with Crippen molar-refractivity contribution in [3.8, 4) is 5.75 Å². The Morgan fingerprint density at radius 2 is 1.86 bits per heavy atom. The zero-order valence-electron chi connectivity index (χ0n) is 11.5. The number of carbonyl (C=O) groups is 1. The van der Waals surface area contributed by atoms with Crippen molar-refractivity contribution in [2.75, 3.05) is 5.32 Å². The van der Waals surface area contributed by atoms with Crippen LogP contribution in [0, 0.1) is 11.6 Å². The van der Waals surface area contributed by atoms with E-state index in [1.165, 1.54) is 24.3 Å². The summed E-state index contributed by atoms with van der Waals surface area (Å²) >= 11 is 0. The van der Waals surface area contributed by atoms with Gasteiger partial charge in [0.15, 0.2) is 0 Å². The molecule has 21 heavy (non-hydrogen) atoms. The van der Waals surface area contributed by atoms with Crippen molar-refractivity contribution in [2.24, 2.45) is 0 Å². The number of hydrogen-bond donors (Lipinski definition) is 1. The van der Waals surface area contributed by atoms with Crippen molar-refractivity contribution >= 4 is 11.6 Å². The van der Waals surface area contributed by atoms with Crippen molar-refractivity contribution < 1.29 is 18.3 Å². The molecule has 0 aliphatic carbocycles. The SMILES string of the molecule is CCC(=O)Nc1ccc(OCc2ccc(F)cc2)cc1F. The predicted molar refractivity (Wildman–Crippen MR) is 76.1 cm³/mol. The first-order valence-corrected chi connectivity index (χ1v) is 6.55. The first-order valence-electron chi connectivity index (χ1n) is 6.55. The first kappa shape index (κ1) is 15.0. The van der Waals surface area contributed by atoms with Crippen LogP contribution in [0.15, 0.2) is 42.5 Å². The molecule has 1 N–H and O–H groups in total. The highest BCUT2D eigenvalue weighted by molar-refractivity contribution is 5.90. The smallest absolute Gasteiger partial charge is 0.224 e. The fourth-order valence-electron chi connectivity index (χ4n) is 1.67. The molecule has 110 valence electrons. The molecule has 0 fully saturated rings. The number of rotatable bonds is 5. The number of nitrogens with one attached hydrogen (secondary N) is 1. The van der Waals surface area contributed by atoms with Crippen molar-refractivity contribution in [1.82, 2.24) is 0 Å².